The smallest absolute Gasteiger partial charge is 0.417 e. The molecule has 6 rings (SSSR count). The topological polar surface area (TPSA) is 165 Å². The minimum atomic E-state index is -4.67. The molecule has 14 nitrogen and oxygen atoms in total. The second-order valence-electron chi connectivity index (χ2n) is 16.9. The van der Waals surface area contributed by atoms with Crippen molar-refractivity contribution in [3.63, 3.8) is 0 Å². The van der Waals surface area contributed by atoms with Gasteiger partial charge in [0.05, 0.1) is 28.8 Å². The lowest BCUT2D eigenvalue weighted by Gasteiger charge is -2.36. The molecule has 2 aromatic heterocycles. The van der Waals surface area contributed by atoms with E-state index in [0.29, 0.717) is 71.9 Å². The SMILES string of the molecule is Cn1c(-c2nc(N)ncc2C#Cc2cccc(CC(=O)Nc3ccc(CN4CCN(C(=O)OC(C)(C)C)CC4)c(C(F)(F)F)c3)c2)cc2c1CCN(C(=O)OC(C)(C)C)C2=O. The van der Waals surface area contributed by atoms with Gasteiger partial charge >= 0.3 is 18.4 Å². The first kappa shape index (κ1) is 44.2. The number of nitrogen functional groups attached to an aromatic ring is 1. The number of piperazine rings is 1. The number of fused-ring (bicyclic) bond motifs is 1. The normalized spacial score (nSPS) is 14.8. The number of hydrogen-bond donors (Lipinski definition) is 2. The van der Waals surface area contributed by atoms with E-state index in [-0.39, 0.29) is 36.7 Å². The Morgan fingerprint density at radius 2 is 1.57 bits per heavy atom. The van der Waals surface area contributed by atoms with Crippen molar-refractivity contribution in [1.29, 1.82) is 0 Å². The van der Waals surface area contributed by atoms with Crippen LogP contribution in [0.25, 0.3) is 11.4 Å². The number of carbonyl (C=O) groups is 4. The lowest BCUT2D eigenvalue weighted by Crippen LogP contribution is -2.49. The summed E-state index contributed by atoms with van der Waals surface area (Å²) in [6, 6.07) is 12.3. The zero-order valence-electron chi connectivity index (χ0n) is 35.2. The van der Waals surface area contributed by atoms with Gasteiger partial charge < -0.3 is 30.0 Å². The lowest BCUT2D eigenvalue weighted by molar-refractivity contribution is -0.138. The van der Waals surface area contributed by atoms with E-state index in [4.69, 9.17) is 15.2 Å². The molecular weight excluding hydrogens is 794 g/mol. The van der Waals surface area contributed by atoms with Crippen LogP contribution < -0.4 is 11.1 Å². The highest BCUT2D eigenvalue weighted by molar-refractivity contribution is 6.05. The third-order valence-corrected chi connectivity index (χ3v) is 9.82. The number of alkyl halides is 3. The Morgan fingerprint density at radius 1 is 0.885 bits per heavy atom. The highest BCUT2D eigenvalue weighted by Crippen LogP contribution is 2.35. The molecule has 2 aliphatic rings. The minimum absolute atomic E-state index is 0.00393. The highest BCUT2D eigenvalue weighted by atomic mass is 19.4. The number of nitrogens with zero attached hydrogens (tertiary/aromatic N) is 6. The van der Waals surface area contributed by atoms with Gasteiger partial charge in [-0.1, -0.05) is 30.0 Å². The summed E-state index contributed by atoms with van der Waals surface area (Å²) in [5.74, 6) is 5.11. The van der Waals surface area contributed by atoms with Crippen molar-refractivity contribution >= 4 is 35.6 Å². The van der Waals surface area contributed by atoms with Crippen molar-refractivity contribution in [2.75, 3.05) is 43.8 Å². The monoisotopic (exact) mass is 842 g/mol. The van der Waals surface area contributed by atoms with Crippen LogP contribution in [0.4, 0.5) is 34.4 Å². The molecule has 4 aromatic rings. The van der Waals surface area contributed by atoms with Crippen LogP contribution in [0, 0.1) is 11.8 Å². The fourth-order valence-electron chi connectivity index (χ4n) is 7.00. The molecule has 61 heavy (non-hydrogen) atoms. The van der Waals surface area contributed by atoms with Gasteiger partial charge in [-0.25, -0.2) is 24.5 Å². The number of carbonyl (C=O) groups excluding carboxylic acids is 4. The van der Waals surface area contributed by atoms with Crippen LogP contribution in [0.2, 0.25) is 0 Å². The molecule has 0 unspecified atom stereocenters. The number of nitrogens with two attached hydrogens (primary N) is 1. The Labute approximate surface area is 352 Å². The van der Waals surface area contributed by atoms with E-state index in [2.05, 4.69) is 27.1 Å². The van der Waals surface area contributed by atoms with Crippen LogP contribution in [0.1, 0.15) is 85.4 Å². The number of anilines is 2. The fourth-order valence-corrected chi connectivity index (χ4v) is 7.00. The zero-order valence-corrected chi connectivity index (χ0v) is 35.2. The standard InChI is InChI=1S/C44H49F3N8O6/c1-42(2,3)60-40(58)54-19-17-53(18-20-54)26-30-13-14-31(23-33(30)44(45,46)47)50-36(56)22-28-10-8-9-27(21-28)11-12-29-25-49-39(48)51-37(29)35-24-32-34(52(35)7)15-16-55(38(32)57)41(59)61-43(4,5)6/h8-10,13-14,21,23-25H,15-20,22,26H2,1-7H3,(H,50,56)(H2,48,49,51). The molecule has 0 saturated carbocycles. The zero-order chi connectivity index (χ0) is 44.4. The third kappa shape index (κ3) is 11.1. The summed E-state index contributed by atoms with van der Waals surface area (Å²) in [5.41, 5.74) is 7.22. The van der Waals surface area contributed by atoms with Crippen LogP contribution in [-0.4, -0.2) is 97.2 Å². The first-order chi connectivity index (χ1) is 28.5. The lowest BCUT2D eigenvalue weighted by atomic mass is 10.0. The van der Waals surface area contributed by atoms with Gasteiger partial charge in [-0.15, -0.1) is 0 Å². The molecule has 0 atom stereocenters. The Hall–Kier alpha value is -6.41. The summed E-state index contributed by atoms with van der Waals surface area (Å²) in [4.78, 5) is 64.8. The maximum Gasteiger partial charge on any atom is 0.417 e. The predicted octanol–water partition coefficient (Wildman–Crippen LogP) is 6.65. The second-order valence-corrected chi connectivity index (χ2v) is 16.9. The van der Waals surface area contributed by atoms with Crippen LogP contribution in [0.5, 0.6) is 0 Å². The number of aromatic nitrogens is 3. The fraction of sp³-hybridized carbons (Fsp3) is 0.409. The van der Waals surface area contributed by atoms with Gasteiger partial charge in [0.15, 0.2) is 0 Å². The Bertz CT molecular complexity index is 2410. The number of halogens is 3. The number of rotatable bonds is 6. The average Bonchev–Trinajstić information content (AvgIpc) is 3.50. The summed E-state index contributed by atoms with van der Waals surface area (Å²) in [5, 5.41) is 2.60. The number of nitrogens with one attached hydrogen (secondary N) is 1. The summed E-state index contributed by atoms with van der Waals surface area (Å²) >= 11 is 0. The molecule has 0 spiro atoms. The van der Waals surface area contributed by atoms with Crippen molar-refractivity contribution in [1.82, 2.24) is 29.2 Å². The number of amides is 4. The minimum Gasteiger partial charge on any atom is -0.444 e. The molecule has 0 radical (unpaired) electrons. The van der Waals surface area contributed by atoms with E-state index in [1.807, 2.05) is 9.47 Å². The van der Waals surface area contributed by atoms with Gasteiger partial charge in [0.25, 0.3) is 5.91 Å². The number of benzene rings is 2. The van der Waals surface area contributed by atoms with Crippen molar-refractivity contribution < 1.29 is 41.8 Å². The highest BCUT2D eigenvalue weighted by Gasteiger charge is 2.36. The number of ether oxygens (including phenoxy) is 2. The van der Waals surface area contributed by atoms with Crippen LogP contribution in [0.15, 0.2) is 54.7 Å². The van der Waals surface area contributed by atoms with Gasteiger partial charge in [-0.05, 0) is 83.0 Å². The Kier molecular flexibility index (Phi) is 12.5. The van der Waals surface area contributed by atoms with Gasteiger partial charge in [-0.3, -0.25) is 14.5 Å². The molecule has 4 amide bonds. The van der Waals surface area contributed by atoms with Crippen LogP contribution in [0.3, 0.4) is 0 Å². The maximum absolute atomic E-state index is 14.3. The van der Waals surface area contributed by atoms with Gasteiger partial charge in [-0.2, -0.15) is 13.2 Å². The summed E-state index contributed by atoms with van der Waals surface area (Å²) in [7, 11) is 1.78. The quantitative estimate of drug-likeness (QED) is 0.201. The summed E-state index contributed by atoms with van der Waals surface area (Å²) in [6.45, 7) is 12.1. The molecule has 2 aliphatic heterocycles. The van der Waals surface area contributed by atoms with E-state index in [9.17, 15) is 32.3 Å². The van der Waals surface area contributed by atoms with Crippen molar-refractivity contribution in [3.8, 4) is 23.2 Å². The van der Waals surface area contributed by atoms with E-state index in [1.165, 1.54) is 18.3 Å². The molecule has 17 heteroatoms. The second kappa shape index (κ2) is 17.3. The van der Waals surface area contributed by atoms with Gasteiger partial charge in [0, 0.05) is 75.9 Å². The molecule has 1 fully saturated rings. The summed E-state index contributed by atoms with van der Waals surface area (Å²) in [6.07, 6.45) is -4.13. The number of hydrogen-bond acceptors (Lipinski definition) is 10. The Morgan fingerprint density at radius 3 is 2.25 bits per heavy atom. The van der Waals surface area contributed by atoms with Crippen LogP contribution >= 0.6 is 0 Å². The van der Waals surface area contributed by atoms with Crippen LogP contribution in [-0.2, 0) is 46.9 Å². The predicted molar refractivity (Wildman–Crippen MR) is 221 cm³/mol. The molecule has 1 saturated heterocycles. The van der Waals surface area contributed by atoms with Crippen molar-refractivity contribution in [2.24, 2.45) is 7.05 Å². The molecule has 3 N–H and O–H groups in total. The molecule has 4 heterocycles. The van der Waals surface area contributed by atoms with E-state index in [0.717, 1.165) is 11.0 Å². The van der Waals surface area contributed by atoms with E-state index < -0.39 is 46.9 Å². The van der Waals surface area contributed by atoms with E-state index >= 15 is 0 Å². The average molecular weight is 843 g/mol. The Balaban J connectivity index is 1.13. The molecule has 0 aliphatic carbocycles. The summed E-state index contributed by atoms with van der Waals surface area (Å²) < 4.78 is 55.5. The molecular formula is C44H49F3N8O6. The number of imide groups is 1. The van der Waals surface area contributed by atoms with Crippen molar-refractivity contribution in [2.45, 2.75) is 78.3 Å². The molecule has 322 valence electrons. The van der Waals surface area contributed by atoms with Gasteiger partial charge in [0.2, 0.25) is 11.9 Å². The first-order valence-electron chi connectivity index (χ1n) is 19.7. The molecule has 0 bridgehead atoms. The van der Waals surface area contributed by atoms with Crippen molar-refractivity contribution in [3.05, 3.63) is 93.8 Å². The maximum atomic E-state index is 14.3. The largest absolute Gasteiger partial charge is 0.444 e. The van der Waals surface area contributed by atoms with E-state index in [1.54, 1.807) is 83.8 Å². The van der Waals surface area contributed by atoms with Gasteiger partial charge in [0.1, 0.15) is 16.9 Å². The first-order valence-corrected chi connectivity index (χ1v) is 19.7. The third-order valence-electron chi connectivity index (χ3n) is 9.82. The molecule has 2 aromatic carbocycles.